The summed E-state index contributed by atoms with van der Waals surface area (Å²) < 4.78 is 0. The van der Waals surface area contributed by atoms with E-state index < -0.39 is 0 Å². The van der Waals surface area contributed by atoms with Crippen molar-refractivity contribution in [3.63, 3.8) is 0 Å². The van der Waals surface area contributed by atoms with Crippen LogP contribution in [0.15, 0.2) is 35.3 Å². The van der Waals surface area contributed by atoms with E-state index in [-0.39, 0.29) is 5.25 Å². The fourth-order valence-electron chi connectivity index (χ4n) is 1.39. The molecule has 1 aromatic rings. The maximum absolute atomic E-state index is 7.60. The predicted octanol–water partition coefficient (Wildman–Crippen LogP) is 1.64. The van der Waals surface area contributed by atoms with Gasteiger partial charge in [0.15, 0.2) is 5.17 Å². The molecule has 4 heteroatoms. The van der Waals surface area contributed by atoms with E-state index in [9.17, 15) is 0 Å². The summed E-state index contributed by atoms with van der Waals surface area (Å²) >= 11 is 1.47. The van der Waals surface area contributed by atoms with Crippen molar-refractivity contribution < 1.29 is 0 Å². The summed E-state index contributed by atoms with van der Waals surface area (Å²) in [5, 5.41) is 8.20. The van der Waals surface area contributed by atoms with E-state index in [1.165, 1.54) is 17.3 Å². The lowest BCUT2D eigenvalue weighted by atomic mass is 10.1. The Hall–Kier alpha value is -1.29. The molecule has 0 fully saturated rings. The first kappa shape index (κ1) is 9.27. The van der Waals surface area contributed by atoms with Gasteiger partial charge in [0.2, 0.25) is 0 Å². The van der Waals surface area contributed by atoms with E-state index in [0.717, 1.165) is 6.42 Å². The number of rotatable bonds is 2. The highest BCUT2D eigenvalue weighted by atomic mass is 32.2. The summed E-state index contributed by atoms with van der Waals surface area (Å²) in [6, 6.07) is 10.1. The third-order valence-electron chi connectivity index (χ3n) is 2.06. The Kier molecular flexibility index (Phi) is 2.54. The van der Waals surface area contributed by atoms with Crippen molar-refractivity contribution in [2.24, 2.45) is 10.7 Å². The number of hydrogen-bond acceptors (Lipinski definition) is 3. The Bertz CT molecular complexity index is 372. The molecule has 14 heavy (non-hydrogen) atoms. The van der Waals surface area contributed by atoms with E-state index in [2.05, 4.69) is 17.1 Å². The van der Waals surface area contributed by atoms with Gasteiger partial charge in [-0.05, 0) is 12.0 Å². The highest BCUT2D eigenvalue weighted by Crippen LogP contribution is 2.23. The molecule has 0 aliphatic carbocycles. The van der Waals surface area contributed by atoms with Crippen molar-refractivity contribution >= 4 is 22.8 Å². The smallest absolute Gasteiger partial charge is 0.161 e. The molecule has 72 valence electrons. The SMILES string of the molecule is N=C1N=C(N)SC1Cc1ccccc1. The second-order valence-corrected chi connectivity index (χ2v) is 4.35. The van der Waals surface area contributed by atoms with E-state index >= 15 is 0 Å². The van der Waals surface area contributed by atoms with Crippen molar-refractivity contribution in [2.45, 2.75) is 11.7 Å². The van der Waals surface area contributed by atoms with Gasteiger partial charge in [0.05, 0.1) is 5.25 Å². The van der Waals surface area contributed by atoms with Gasteiger partial charge in [-0.1, -0.05) is 42.1 Å². The molecule has 0 bridgehead atoms. The lowest BCUT2D eigenvalue weighted by Gasteiger charge is -2.07. The van der Waals surface area contributed by atoms with Crippen LogP contribution >= 0.6 is 11.8 Å². The quantitative estimate of drug-likeness (QED) is 0.771. The minimum absolute atomic E-state index is 0.0948. The number of hydrogen-bond donors (Lipinski definition) is 2. The van der Waals surface area contributed by atoms with Gasteiger partial charge < -0.3 is 5.73 Å². The van der Waals surface area contributed by atoms with Crippen molar-refractivity contribution in [2.75, 3.05) is 0 Å². The van der Waals surface area contributed by atoms with Crippen LogP contribution in [-0.4, -0.2) is 16.3 Å². The zero-order chi connectivity index (χ0) is 9.97. The molecule has 0 saturated heterocycles. The second-order valence-electron chi connectivity index (χ2n) is 3.13. The standard InChI is InChI=1S/C10H11N3S/c11-9-8(14-10(12)13-9)6-7-4-2-1-3-5-7/h1-5,8H,6H2,(H3,11,12,13). The van der Waals surface area contributed by atoms with Gasteiger partial charge in [-0.15, -0.1) is 0 Å². The summed E-state index contributed by atoms with van der Waals surface area (Å²) in [6.45, 7) is 0. The summed E-state index contributed by atoms with van der Waals surface area (Å²) in [4.78, 5) is 3.91. The minimum atomic E-state index is 0.0948. The average molecular weight is 205 g/mol. The van der Waals surface area contributed by atoms with Gasteiger partial charge in [-0.2, -0.15) is 0 Å². The molecule has 1 heterocycles. The molecule has 1 aliphatic rings. The highest BCUT2D eigenvalue weighted by Gasteiger charge is 2.23. The van der Waals surface area contributed by atoms with Gasteiger partial charge in [0.1, 0.15) is 5.84 Å². The molecule has 1 aromatic carbocycles. The van der Waals surface area contributed by atoms with E-state index in [0.29, 0.717) is 11.0 Å². The van der Waals surface area contributed by atoms with Crippen molar-refractivity contribution in [3.05, 3.63) is 35.9 Å². The van der Waals surface area contributed by atoms with Crippen LogP contribution < -0.4 is 5.73 Å². The van der Waals surface area contributed by atoms with E-state index in [1.807, 2.05) is 18.2 Å². The number of nitrogens with one attached hydrogen (secondary N) is 1. The number of benzene rings is 1. The predicted molar refractivity (Wildman–Crippen MR) is 60.9 cm³/mol. The lowest BCUT2D eigenvalue weighted by molar-refractivity contribution is 1.05. The summed E-state index contributed by atoms with van der Waals surface area (Å²) in [7, 11) is 0. The first-order valence-corrected chi connectivity index (χ1v) is 5.27. The van der Waals surface area contributed by atoms with Gasteiger partial charge in [0, 0.05) is 0 Å². The summed E-state index contributed by atoms with van der Waals surface area (Å²) in [5.41, 5.74) is 6.76. The normalized spacial score (nSPS) is 21.0. The highest BCUT2D eigenvalue weighted by molar-refractivity contribution is 8.15. The first-order valence-electron chi connectivity index (χ1n) is 4.39. The van der Waals surface area contributed by atoms with Crippen LogP contribution in [0.5, 0.6) is 0 Å². The number of thioether (sulfide) groups is 1. The Morgan fingerprint density at radius 2 is 2.07 bits per heavy atom. The van der Waals surface area contributed by atoms with Crippen LogP contribution in [0.25, 0.3) is 0 Å². The molecule has 1 aliphatic heterocycles. The largest absolute Gasteiger partial charge is 0.378 e. The molecule has 0 aromatic heterocycles. The fraction of sp³-hybridized carbons (Fsp3) is 0.200. The third-order valence-corrected chi connectivity index (χ3v) is 3.07. The zero-order valence-corrected chi connectivity index (χ0v) is 8.42. The minimum Gasteiger partial charge on any atom is -0.378 e. The molecule has 1 atom stereocenters. The molecule has 3 nitrogen and oxygen atoms in total. The summed E-state index contributed by atoms with van der Waals surface area (Å²) in [6.07, 6.45) is 0.828. The van der Waals surface area contributed by atoms with Crippen LogP contribution in [0.1, 0.15) is 5.56 Å². The molecule has 0 radical (unpaired) electrons. The zero-order valence-electron chi connectivity index (χ0n) is 7.60. The van der Waals surface area contributed by atoms with Crippen LogP contribution in [0, 0.1) is 5.41 Å². The van der Waals surface area contributed by atoms with Crippen LogP contribution in [-0.2, 0) is 6.42 Å². The Balaban J connectivity index is 2.04. The number of nitrogens with zero attached hydrogens (tertiary/aromatic N) is 1. The topological polar surface area (TPSA) is 62.2 Å². The monoisotopic (exact) mass is 205 g/mol. The third kappa shape index (κ3) is 1.96. The lowest BCUT2D eigenvalue weighted by Crippen LogP contribution is -2.13. The maximum atomic E-state index is 7.60. The number of amidine groups is 2. The van der Waals surface area contributed by atoms with Gasteiger partial charge >= 0.3 is 0 Å². The molecule has 0 spiro atoms. The molecule has 2 rings (SSSR count). The van der Waals surface area contributed by atoms with Crippen LogP contribution in [0.2, 0.25) is 0 Å². The van der Waals surface area contributed by atoms with Gasteiger partial charge in [-0.3, -0.25) is 5.41 Å². The molecule has 0 saturated carbocycles. The molecular formula is C10H11N3S. The van der Waals surface area contributed by atoms with Crippen LogP contribution in [0.3, 0.4) is 0 Å². The Morgan fingerprint density at radius 3 is 2.64 bits per heavy atom. The average Bonchev–Trinajstić information content (AvgIpc) is 2.47. The van der Waals surface area contributed by atoms with E-state index in [4.69, 9.17) is 11.1 Å². The Morgan fingerprint density at radius 1 is 1.36 bits per heavy atom. The molecule has 1 unspecified atom stereocenters. The van der Waals surface area contributed by atoms with E-state index in [1.54, 1.807) is 0 Å². The second kappa shape index (κ2) is 3.84. The number of aliphatic imine (C=N–C) groups is 1. The maximum Gasteiger partial charge on any atom is 0.161 e. The van der Waals surface area contributed by atoms with Crippen molar-refractivity contribution in [3.8, 4) is 0 Å². The Labute approximate surface area is 86.9 Å². The van der Waals surface area contributed by atoms with Gasteiger partial charge in [-0.25, -0.2) is 4.99 Å². The van der Waals surface area contributed by atoms with Crippen molar-refractivity contribution in [1.29, 1.82) is 5.41 Å². The summed E-state index contributed by atoms with van der Waals surface area (Å²) in [5.74, 6) is 0.386. The molecule has 0 amide bonds. The van der Waals surface area contributed by atoms with Crippen molar-refractivity contribution in [1.82, 2.24) is 0 Å². The van der Waals surface area contributed by atoms with Gasteiger partial charge in [0.25, 0.3) is 0 Å². The fourth-order valence-corrected chi connectivity index (χ4v) is 2.27. The molecule has 3 N–H and O–H groups in total. The number of nitrogens with two attached hydrogens (primary N) is 1. The molecular weight excluding hydrogens is 194 g/mol. The first-order chi connectivity index (χ1) is 6.75. The van der Waals surface area contributed by atoms with Crippen LogP contribution in [0.4, 0.5) is 0 Å².